The molecule has 4 nitrogen and oxygen atoms in total. The molecular weight excluding hydrogens is 276 g/mol. The van der Waals surface area contributed by atoms with Crippen molar-refractivity contribution in [3.8, 4) is 0 Å². The third-order valence-electron chi connectivity index (χ3n) is 1.76. The van der Waals surface area contributed by atoms with Gasteiger partial charge in [0.05, 0.1) is 11.3 Å². The van der Waals surface area contributed by atoms with Crippen molar-refractivity contribution in [2.24, 2.45) is 0 Å². The molecule has 1 aromatic rings. The van der Waals surface area contributed by atoms with Gasteiger partial charge in [-0.1, -0.05) is 15.9 Å². The van der Waals surface area contributed by atoms with E-state index in [1.54, 1.807) is 0 Å². The van der Waals surface area contributed by atoms with Gasteiger partial charge >= 0.3 is 5.97 Å². The molecule has 0 aliphatic heterocycles. The van der Waals surface area contributed by atoms with E-state index in [1.807, 2.05) is 4.98 Å². The highest BCUT2D eigenvalue weighted by atomic mass is 79.9. The van der Waals surface area contributed by atoms with Crippen LogP contribution in [0.25, 0.3) is 0 Å². The zero-order valence-electron chi connectivity index (χ0n) is 7.26. The molecule has 0 aliphatic rings. The summed E-state index contributed by atoms with van der Waals surface area (Å²) in [6.45, 7) is 0. The minimum Gasteiger partial charge on any atom is -0.478 e. The maximum Gasteiger partial charge on any atom is 0.336 e. The number of carbonyl (C=O) groups is 1. The molecule has 0 saturated heterocycles. The standard InChI is InChI=1S/C8H6BrF2NO3/c9-2-4-3(8(14)15)1-5(6(10)11)12-7(4)13/h1,6H,2H2,(H,12,13)(H,14,15). The Morgan fingerprint density at radius 3 is 2.60 bits per heavy atom. The number of aromatic carboxylic acids is 1. The fourth-order valence-corrected chi connectivity index (χ4v) is 1.61. The molecule has 0 unspecified atom stereocenters. The summed E-state index contributed by atoms with van der Waals surface area (Å²) in [6.07, 6.45) is -2.90. The normalized spacial score (nSPS) is 10.7. The van der Waals surface area contributed by atoms with E-state index < -0.39 is 29.2 Å². The summed E-state index contributed by atoms with van der Waals surface area (Å²) in [5.41, 5.74) is -2.00. The van der Waals surface area contributed by atoms with Crippen molar-refractivity contribution in [3.63, 3.8) is 0 Å². The lowest BCUT2D eigenvalue weighted by atomic mass is 10.1. The number of H-pyrrole nitrogens is 1. The summed E-state index contributed by atoms with van der Waals surface area (Å²) in [5, 5.41) is 8.70. The Morgan fingerprint density at radius 1 is 1.60 bits per heavy atom. The molecule has 15 heavy (non-hydrogen) atoms. The molecule has 1 aromatic heterocycles. The van der Waals surface area contributed by atoms with Crippen LogP contribution in [-0.2, 0) is 5.33 Å². The maximum absolute atomic E-state index is 12.3. The van der Waals surface area contributed by atoms with Crippen LogP contribution in [0.15, 0.2) is 10.9 Å². The van der Waals surface area contributed by atoms with E-state index in [1.165, 1.54) is 0 Å². The van der Waals surface area contributed by atoms with Crippen molar-refractivity contribution >= 4 is 21.9 Å². The summed E-state index contributed by atoms with van der Waals surface area (Å²) < 4.78 is 24.5. The first-order chi connectivity index (χ1) is 6.97. The molecule has 0 aromatic carbocycles. The van der Waals surface area contributed by atoms with Crippen molar-refractivity contribution in [1.29, 1.82) is 0 Å². The molecule has 1 heterocycles. The summed E-state index contributed by atoms with van der Waals surface area (Å²) in [7, 11) is 0. The average molecular weight is 282 g/mol. The van der Waals surface area contributed by atoms with Gasteiger partial charge in [-0.25, -0.2) is 13.6 Å². The van der Waals surface area contributed by atoms with E-state index in [0.717, 1.165) is 6.07 Å². The summed E-state index contributed by atoms with van der Waals surface area (Å²) in [4.78, 5) is 23.8. The highest BCUT2D eigenvalue weighted by molar-refractivity contribution is 9.08. The summed E-state index contributed by atoms with van der Waals surface area (Å²) >= 11 is 2.92. The molecule has 82 valence electrons. The number of rotatable bonds is 3. The van der Waals surface area contributed by atoms with Crippen LogP contribution in [0.1, 0.15) is 28.0 Å². The Balaban J connectivity index is 3.46. The molecule has 0 bridgehead atoms. The van der Waals surface area contributed by atoms with E-state index in [-0.39, 0.29) is 10.9 Å². The number of aromatic nitrogens is 1. The quantitative estimate of drug-likeness (QED) is 0.832. The zero-order valence-corrected chi connectivity index (χ0v) is 8.85. The number of hydrogen-bond donors (Lipinski definition) is 2. The van der Waals surface area contributed by atoms with E-state index in [2.05, 4.69) is 15.9 Å². The molecule has 7 heteroatoms. The Labute approximate surface area is 91.1 Å². The number of alkyl halides is 3. The summed E-state index contributed by atoms with van der Waals surface area (Å²) in [6, 6.07) is 0.769. The topological polar surface area (TPSA) is 70.2 Å². The molecule has 0 spiro atoms. The van der Waals surface area contributed by atoms with Gasteiger partial charge < -0.3 is 10.1 Å². The van der Waals surface area contributed by atoms with E-state index >= 15 is 0 Å². The minimum atomic E-state index is -2.90. The highest BCUT2D eigenvalue weighted by Gasteiger charge is 2.18. The molecule has 0 saturated carbocycles. The molecule has 0 radical (unpaired) electrons. The number of carboxylic acids is 1. The van der Waals surface area contributed by atoms with Crippen LogP contribution in [0.3, 0.4) is 0 Å². The average Bonchev–Trinajstić information content (AvgIpc) is 2.16. The predicted molar refractivity (Wildman–Crippen MR) is 51.6 cm³/mol. The monoisotopic (exact) mass is 281 g/mol. The van der Waals surface area contributed by atoms with Gasteiger partial charge in [0, 0.05) is 10.9 Å². The van der Waals surface area contributed by atoms with Gasteiger partial charge in [0.2, 0.25) is 0 Å². The fourth-order valence-electron chi connectivity index (χ4n) is 1.05. The zero-order chi connectivity index (χ0) is 11.6. The molecule has 0 amide bonds. The lowest BCUT2D eigenvalue weighted by Gasteiger charge is -2.05. The number of nitrogens with one attached hydrogen (secondary N) is 1. The van der Waals surface area contributed by atoms with Gasteiger partial charge in [-0.15, -0.1) is 0 Å². The first-order valence-corrected chi connectivity index (χ1v) is 4.93. The van der Waals surface area contributed by atoms with Gasteiger partial charge in [-0.3, -0.25) is 4.79 Å². The fraction of sp³-hybridized carbons (Fsp3) is 0.250. The van der Waals surface area contributed by atoms with Crippen LogP contribution in [0.2, 0.25) is 0 Å². The van der Waals surface area contributed by atoms with Crippen molar-refractivity contribution in [2.75, 3.05) is 0 Å². The number of carboxylic acid groups (broad SMARTS) is 1. The Morgan fingerprint density at radius 2 is 2.20 bits per heavy atom. The maximum atomic E-state index is 12.3. The molecule has 2 N–H and O–H groups in total. The number of halogens is 3. The first kappa shape index (κ1) is 11.8. The number of hydrogen-bond acceptors (Lipinski definition) is 2. The lowest BCUT2D eigenvalue weighted by molar-refractivity contribution is 0.0695. The Kier molecular flexibility index (Phi) is 3.57. The van der Waals surface area contributed by atoms with Gasteiger partial charge in [-0.05, 0) is 6.07 Å². The number of aromatic amines is 1. The van der Waals surface area contributed by atoms with Crippen LogP contribution in [0, 0.1) is 0 Å². The van der Waals surface area contributed by atoms with Crippen LogP contribution in [0.4, 0.5) is 8.78 Å². The van der Waals surface area contributed by atoms with Crippen molar-refractivity contribution in [3.05, 3.63) is 33.2 Å². The SMILES string of the molecule is O=C(O)c1cc(C(F)F)[nH]c(=O)c1CBr. The number of pyridine rings is 1. The largest absolute Gasteiger partial charge is 0.478 e. The smallest absolute Gasteiger partial charge is 0.336 e. The van der Waals surface area contributed by atoms with Gasteiger partial charge in [0.1, 0.15) is 0 Å². The van der Waals surface area contributed by atoms with Crippen LogP contribution >= 0.6 is 15.9 Å². The molecule has 0 aliphatic carbocycles. The molecule has 0 atom stereocenters. The third-order valence-corrected chi connectivity index (χ3v) is 2.32. The lowest BCUT2D eigenvalue weighted by Crippen LogP contribution is -2.19. The summed E-state index contributed by atoms with van der Waals surface area (Å²) in [5.74, 6) is -1.41. The molecular formula is C8H6BrF2NO3. The highest BCUT2D eigenvalue weighted by Crippen LogP contribution is 2.18. The van der Waals surface area contributed by atoms with E-state index in [0.29, 0.717) is 0 Å². The minimum absolute atomic E-state index is 0.00646. The molecule has 1 rings (SSSR count). The second-order valence-corrected chi connectivity index (χ2v) is 3.25. The molecule has 0 fully saturated rings. The van der Waals surface area contributed by atoms with Crippen molar-refractivity contribution in [1.82, 2.24) is 4.98 Å². The van der Waals surface area contributed by atoms with E-state index in [4.69, 9.17) is 5.11 Å². The van der Waals surface area contributed by atoms with Crippen LogP contribution in [0.5, 0.6) is 0 Å². The second-order valence-electron chi connectivity index (χ2n) is 2.69. The third kappa shape index (κ3) is 2.41. The van der Waals surface area contributed by atoms with Crippen LogP contribution < -0.4 is 5.56 Å². The predicted octanol–water partition coefficient (Wildman–Crippen LogP) is 1.91. The second kappa shape index (κ2) is 4.52. The van der Waals surface area contributed by atoms with Crippen molar-refractivity contribution in [2.45, 2.75) is 11.8 Å². The first-order valence-electron chi connectivity index (χ1n) is 3.81. The Hall–Kier alpha value is -1.24. The Bertz CT molecular complexity index is 444. The van der Waals surface area contributed by atoms with Crippen molar-refractivity contribution < 1.29 is 18.7 Å². The van der Waals surface area contributed by atoms with Gasteiger partial charge in [-0.2, -0.15) is 0 Å². The van der Waals surface area contributed by atoms with Crippen LogP contribution in [-0.4, -0.2) is 16.1 Å². The van der Waals surface area contributed by atoms with E-state index in [9.17, 15) is 18.4 Å². The van der Waals surface area contributed by atoms with Gasteiger partial charge in [0.25, 0.3) is 12.0 Å². The van der Waals surface area contributed by atoms with Gasteiger partial charge in [0.15, 0.2) is 0 Å².